The summed E-state index contributed by atoms with van der Waals surface area (Å²) >= 11 is 14.0. The Bertz CT molecular complexity index is 1110. The maximum atomic E-state index is 6.15. The first-order valence-corrected chi connectivity index (χ1v) is 12.0. The first-order chi connectivity index (χ1) is 15.6. The topological polar surface area (TPSA) is 39.9 Å². The number of aryl methyl sites for hydroxylation is 1. The molecular formula is C25H23Cl2N3OS. The quantitative estimate of drug-likeness (QED) is 0.244. The molecule has 3 aromatic carbocycles. The van der Waals surface area contributed by atoms with E-state index in [9.17, 15) is 0 Å². The van der Waals surface area contributed by atoms with E-state index < -0.39 is 0 Å². The molecule has 0 aliphatic carbocycles. The molecule has 4 nitrogen and oxygen atoms in total. The van der Waals surface area contributed by atoms with Crippen LogP contribution in [0.4, 0.5) is 0 Å². The molecule has 4 rings (SSSR count). The molecule has 0 aliphatic heterocycles. The smallest absolute Gasteiger partial charge is 0.196 e. The van der Waals surface area contributed by atoms with Crippen LogP contribution >= 0.6 is 35.0 Å². The standard InChI is InChI=1S/C25H23Cl2N3OS/c1-3-4-23-28-29-25(30(23)21-13-15-22(31-2)16-14-21)32-24(17-5-9-19(26)10-6-17)18-7-11-20(27)12-8-18/h5-16,24H,3-4H2,1-2H3. The van der Waals surface area contributed by atoms with Crippen LogP contribution in [-0.2, 0) is 6.42 Å². The Kier molecular flexibility index (Phi) is 7.40. The van der Waals surface area contributed by atoms with E-state index >= 15 is 0 Å². The predicted molar refractivity (Wildman–Crippen MR) is 133 cm³/mol. The number of methoxy groups -OCH3 is 1. The van der Waals surface area contributed by atoms with E-state index in [1.165, 1.54) is 0 Å². The molecule has 0 unspecified atom stereocenters. The summed E-state index contributed by atoms with van der Waals surface area (Å²) in [5.74, 6) is 1.75. The lowest BCUT2D eigenvalue weighted by atomic mass is 10.0. The van der Waals surface area contributed by atoms with Crippen molar-refractivity contribution >= 4 is 35.0 Å². The van der Waals surface area contributed by atoms with Gasteiger partial charge in [0.25, 0.3) is 0 Å². The van der Waals surface area contributed by atoms with Gasteiger partial charge in [-0.1, -0.05) is 66.2 Å². The van der Waals surface area contributed by atoms with Crippen LogP contribution in [0.3, 0.4) is 0 Å². The Balaban J connectivity index is 1.77. The minimum Gasteiger partial charge on any atom is -0.497 e. The monoisotopic (exact) mass is 483 g/mol. The molecule has 4 aromatic rings. The molecule has 0 saturated carbocycles. The summed E-state index contributed by atoms with van der Waals surface area (Å²) < 4.78 is 7.46. The molecule has 0 spiro atoms. The number of ether oxygens (including phenoxy) is 1. The molecule has 0 N–H and O–H groups in total. The van der Waals surface area contributed by atoms with Gasteiger partial charge in [-0.3, -0.25) is 4.57 Å². The minimum absolute atomic E-state index is 0.000193. The molecule has 0 saturated heterocycles. The van der Waals surface area contributed by atoms with Gasteiger partial charge < -0.3 is 4.74 Å². The van der Waals surface area contributed by atoms with Crippen molar-refractivity contribution in [2.45, 2.75) is 30.2 Å². The molecule has 1 aromatic heterocycles. The zero-order valence-corrected chi connectivity index (χ0v) is 20.2. The average Bonchev–Trinajstić information content (AvgIpc) is 3.21. The van der Waals surface area contributed by atoms with E-state index in [0.717, 1.165) is 46.4 Å². The number of aromatic nitrogens is 3. The van der Waals surface area contributed by atoms with Gasteiger partial charge in [-0.15, -0.1) is 10.2 Å². The number of hydrogen-bond donors (Lipinski definition) is 0. The van der Waals surface area contributed by atoms with Crippen molar-refractivity contribution < 1.29 is 4.74 Å². The predicted octanol–water partition coefficient (Wildman–Crippen LogP) is 7.42. The van der Waals surface area contributed by atoms with Crippen LogP contribution in [0.1, 0.15) is 35.5 Å². The van der Waals surface area contributed by atoms with E-state index in [1.807, 2.05) is 48.5 Å². The van der Waals surface area contributed by atoms with Crippen molar-refractivity contribution in [1.29, 1.82) is 0 Å². The lowest BCUT2D eigenvalue weighted by Gasteiger charge is -2.19. The lowest BCUT2D eigenvalue weighted by molar-refractivity contribution is 0.414. The highest BCUT2D eigenvalue weighted by atomic mass is 35.5. The van der Waals surface area contributed by atoms with Gasteiger partial charge in [0.2, 0.25) is 0 Å². The molecule has 0 atom stereocenters. The highest BCUT2D eigenvalue weighted by molar-refractivity contribution is 7.99. The Hall–Kier alpha value is -2.47. The molecule has 0 bridgehead atoms. The largest absolute Gasteiger partial charge is 0.497 e. The van der Waals surface area contributed by atoms with E-state index in [2.05, 4.69) is 46.0 Å². The van der Waals surface area contributed by atoms with Gasteiger partial charge >= 0.3 is 0 Å². The van der Waals surface area contributed by atoms with Gasteiger partial charge in [0.05, 0.1) is 12.4 Å². The fourth-order valence-electron chi connectivity index (χ4n) is 3.46. The van der Waals surface area contributed by atoms with Crippen molar-refractivity contribution in [1.82, 2.24) is 14.8 Å². The van der Waals surface area contributed by atoms with Crippen molar-refractivity contribution in [3.05, 3.63) is 99.8 Å². The Morgan fingerprint density at radius 2 is 1.41 bits per heavy atom. The highest BCUT2D eigenvalue weighted by Gasteiger charge is 2.22. The SMILES string of the molecule is CCCc1nnc(SC(c2ccc(Cl)cc2)c2ccc(Cl)cc2)n1-c1ccc(OC)cc1. The molecule has 0 fully saturated rings. The molecule has 7 heteroatoms. The lowest BCUT2D eigenvalue weighted by Crippen LogP contribution is -2.05. The second-order valence-corrected chi connectivity index (χ2v) is 9.23. The van der Waals surface area contributed by atoms with Crippen LogP contribution in [0.2, 0.25) is 10.0 Å². The molecule has 32 heavy (non-hydrogen) atoms. The third kappa shape index (κ3) is 5.12. The molecule has 1 heterocycles. The molecule has 0 amide bonds. The number of hydrogen-bond acceptors (Lipinski definition) is 4. The van der Waals surface area contributed by atoms with Crippen molar-refractivity contribution in [3.63, 3.8) is 0 Å². The molecule has 164 valence electrons. The third-order valence-corrected chi connectivity index (χ3v) is 6.83. The zero-order chi connectivity index (χ0) is 22.5. The number of thioether (sulfide) groups is 1. The summed E-state index contributed by atoms with van der Waals surface area (Å²) in [7, 11) is 1.67. The van der Waals surface area contributed by atoms with Crippen LogP contribution < -0.4 is 4.74 Å². The number of halogens is 2. The van der Waals surface area contributed by atoms with E-state index in [0.29, 0.717) is 10.0 Å². The summed E-state index contributed by atoms with van der Waals surface area (Å²) in [6.07, 6.45) is 1.82. The maximum Gasteiger partial charge on any atom is 0.196 e. The van der Waals surface area contributed by atoms with E-state index in [-0.39, 0.29) is 5.25 Å². The third-order valence-electron chi connectivity index (χ3n) is 5.07. The summed E-state index contributed by atoms with van der Waals surface area (Å²) in [5.41, 5.74) is 3.26. The van der Waals surface area contributed by atoms with Gasteiger partial charge in [0, 0.05) is 22.2 Å². The fraction of sp³-hybridized carbons (Fsp3) is 0.200. The van der Waals surface area contributed by atoms with Crippen molar-refractivity contribution in [2.24, 2.45) is 0 Å². The van der Waals surface area contributed by atoms with E-state index in [4.69, 9.17) is 27.9 Å². The van der Waals surface area contributed by atoms with Crippen LogP contribution in [0.25, 0.3) is 5.69 Å². The summed E-state index contributed by atoms with van der Waals surface area (Å²) in [5, 5.41) is 11.3. The second kappa shape index (κ2) is 10.4. The summed E-state index contributed by atoms with van der Waals surface area (Å²) in [6, 6.07) is 23.8. The molecule has 0 radical (unpaired) electrons. The maximum absolute atomic E-state index is 6.15. The van der Waals surface area contributed by atoms with Crippen molar-refractivity contribution in [2.75, 3.05) is 7.11 Å². The van der Waals surface area contributed by atoms with E-state index in [1.54, 1.807) is 18.9 Å². The van der Waals surface area contributed by atoms with Gasteiger partial charge in [-0.2, -0.15) is 0 Å². The van der Waals surface area contributed by atoms with Gasteiger partial charge in [0.1, 0.15) is 11.6 Å². The normalized spacial score (nSPS) is 11.2. The van der Waals surface area contributed by atoms with Gasteiger partial charge in [-0.25, -0.2) is 0 Å². The van der Waals surface area contributed by atoms with Crippen LogP contribution in [0.5, 0.6) is 5.75 Å². The Morgan fingerprint density at radius 1 is 0.844 bits per heavy atom. The molecule has 0 aliphatic rings. The summed E-state index contributed by atoms with van der Waals surface area (Å²) in [6.45, 7) is 2.14. The minimum atomic E-state index is 0.000193. The van der Waals surface area contributed by atoms with Gasteiger partial charge in [0.15, 0.2) is 5.16 Å². The number of rotatable bonds is 8. The first kappa shape index (κ1) is 22.7. The summed E-state index contributed by atoms with van der Waals surface area (Å²) in [4.78, 5) is 0. The number of benzene rings is 3. The fourth-order valence-corrected chi connectivity index (χ4v) is 4.92. The van der Waals surface area contributed by atoms with Crippen LogP contribution in [0, 0.1) is 0 Å². The van der Waals surface area contributed by atoms with Crippen LogP contribution in [0.15, 0.2) is 78.0 Å². The first-order valence-electron chi connectivity index (χ1n) is 10.4. The second-order valence-electron chi connectivity index (χ2n) is 7.28. The van der Waals surface area contributed by atoms with Crippen molar-refractivity contribution in [3.8, 4) is 11.4 Å². The average molecular weight is 484 g/mol. The Labute approximate surface area is 202 Å². The molecular weight excluding hydrogens is 461 g/mol. The zero-order valence-electron chi connectivity index (χ0n) is 17.8. The number of nitrogens with zero attached hydrogens (tertiary/aromatic N) is 3. The highest BCUT2D eigenvalue weighted by Crippen LogP contribution is 2.41. The van der Waals surface area contributed by atoms with Crippen LogP contribution in [-0.4, -0.2) is 21.9 Å². The Morgan fingerprint density at radius 3 is 1.91 bits per heavy atom. The van der Waals surface area contributed by atoms with Gasteiger partial charge in [-0.05, 0) is 66.1 Å².